The van der Waals surface area contributed by atoms with Gasteiger partial charge in [-0.25, -0.2) is 15.0 Å². The number of thiazole rings is 1. The minimum atomic E-state index is -0.226. The van der Waals surface area contributed by atoms with Crippen LogP contribution in [0.1, 0.15) is 17.7 Å². The summed E-state index contributed by atoms with van der Waals surface area (Å²) >= 11 is 1.48. The normalized spacial score (nSPS) is 10.3. The van der Waals surface area contributed by atoms with Gasteiger partial charge in [0.2, 0.25) is 0 Å². The molecule has 0 saturated heterocycles. The van der Waals surface area contributed by atoms with Crippen LogP contribution in [0, 0.1) is 6.92 Å². The van der Waals surface area contributed by atoms with Crippen LogP contribution < -0.4 is 0 Å². The van der Waals surface area contributed by atoms with Gasteiger partial charge in [0, 0.05) is 24.2 Å². The molecule has 94 valence electrons. The molecule has 0 atom stereocenters. The number of ether oxygens (including phenoxy) is 1. The fourth-order valence-electron chi connectivity index (χ4n) is 1.36. The van der Waals surface area contributed by atoms with Crippen molar-refractivity contribution < 1.29 is 9.53 Å². The van der Waals surface area contributed by atoms with Crippen LogP contribution in [-0.4, -0.2) is 28.0 Å². The first-order valence-corrected chi connectivity index (χ1v) is 6.37. The number of hydrogen-bond acceptors (Lipinski definition) is 6. The van der Waals surface area contributed by atoms with E-state index >= 15 is 0 Å². The molecular formula is C12H13N3O2S. The average Bonchev–Trinajstić information content (AvgIpc) is 2.85. The highest BCUT2D eigenvalue weighted by molar-refractivity contribution is 7.13. The van der Waals surface area contributed by atoms with E-state index in [1.807, 2.05) is 12.3 Å². The topological polar surface area (TPSA) is 65.0 Å². The number of aromatic nitrogens is 3. The third-order valence-corrected chi connectivity index (χ3v) is 3.22. The quantitative estimate of drug-likeness (QED) is 0.789. The van der Waals surface area contributed by atoms with Gasteiger partial charge in [-0.2, -0.15) is 0 Å². The fourth-order valence-corrected chi connectivity index (χ4v) is 2.16. The van der Waals surface area contributed by atoms with E-state index in [1.165, 1.54) is 18.4 Å². The van der Waals surface area contributed by atoms with Gasteiger partial charge in [0.25, 0.3) is 0 Å². The smallest absolute Gasteiger partial charge is 0.305 e. The summed E-state index contributed by atoms with van der Waals surface area (Å²) in [5.74, 6) is 0.394. The average molecular weight is 263 g/mol. The van der Waals surface area contributed by atoms with E-state index in [4.69, 9.17) is 0 Å². The lowest BCUT2D eigenvalue weighted by atomic mass is 10.2. The van der Waals surface area contributed by atoms with Gasteiger partial charge in [-0.3, -0.25) is 4.79 Å². The van der Waals surface area contributed by atoms with Crippen LogP contribution in [0.25, 0.3) is 10.8 Å². The lowest BCUT2D eigenvalue weighted by Crippen LogP contribution is -2.02. The molecule has 2 heterocycles. The zero-order valence-electron chi connectivity index (χ0n) is 10.2. The van der Waals surface area contributed by atoms with E-state index in [9.17, 15) is 4.79 Å². The van der Waals surface area contributed by atoms with E-state index in [-0.39, 0.29) is 5.97 Å². The molecule has 5 nitrogen and oxygen atoms in total. The van der Waals surface area contributed by atoms with Crippen LogP contribution in [0.4, 0.5) is 0 Å². The van der Waals surface area contributed by atoms with Gasteiger partial charge < -0.3 is 4.74 Å². The van der Waals surface area contributed by atoms with Gasteiger partial charge >= 0.3 is 5.97 Å². The van der Waals surface area contributed by atoms with Crippen molar-refractivity contribution in [3.63, 3.8) is 0 Å². The fraction of sp³-hybridized carbons (Fsp3) is 0.333. The van der Waals surface area contributed by atoms with Crippen molar-refractivity contribution in [3.05, 3.63) is 29.0 Å². The molecule has 0 aliphatic carbocycles. The number of esters is 1. The van der Waals surface area contributed by atoms with Crippen molar-refractivity contribution in [3.8, 4) is 10.8 Å². The Morgan fingerprint density at radius 1 is 1.39 bits per heavy atom. The molecule has 0 saturated carbocycles. The molecule has 0 spiro atoms. The maximum absolute atomic E-state index is 11.0. The Hall–Kier alpha value is -1.82. The molecular weight excluding hydrogens is 250 g/mol. The van der Waals surface area contributed by atoms with Gasteiger partial charge in [-0.05, 0) is 12.5 Å². The van der Waals surface area contributed by atoms with Gasteiger partial charge in [-0.15, -0.1) is 11.3 Å². The maximum atomic E-state index is 11.0. The summed E-state index contributed by atoms with van der Waals surface area (Å²) in [5.41, 5.74) is 1.88. The second kappa shape index (κ2) is 5.68. The molecule has 0 unspecified atom stereocenters. The monoisotopic (exact) mass is 263 g/mol. The number of nitrogens with zero attached hydrogens (tertiary/aromatic N) is 3. The minimum Gasteiger partial charge on any atom is -0.469 e. The SMILES string of the molecule is COC(=O)CCc1csc(-c2ncc(C)cn2)n1. The second-order valence-corrected chi connectivity index (χ2v) is 4.66. The molecule has 0 radical (unpaired) electrons. The van der Waals surface area contributed by atoms with Crippen molar-refractivity contribution in [2.24, 2.45) is 0 Å². The molecule has 2 aromatic rings. The van der Waals surface area contributed by atoms with E-state index in [1.54, 1.807) is 12.4 Å². The van der Waals surface area contributed by atoms with Gasteiger partial charge in [-0.1, -0.05) is 0 Å². The Labute approximate surface area is 109 Å². The largest absolute Gasteiger partial charge is 0.469 e. The van der Waals surface area contributed by atoms with Crippen LogP contribution in [0.3, 0.4) is 0 Å². The van der Waals surface area contributed by atoms with Crippen LogP contribution in [0.15, 0.2) is 17.8 Å². The van der Waals surface area contributed by atoms with Crippen molar-refractivity contribution in [2.75, 3.05) is 7.11 Å². The highest BCUT2D eigenvalue weighted by Gasteiger charge is 2.09. The van der Waals surface area contributed by atoms with E-state index in [2.05, 4.69) is 19.7 Å². The van der Waals surface area contributed by atoms with Crippen LogP contribution in [0.5, 0.6) is 0 Å². The zero-order chi connectivity index (χ0) is 13.0. The number of hydrogen-bond donors (Lipinski definition) is 0. The first-order valence-electron chi connectivity index (χ1n) is 5.49. The Bertz CT molecular complexity index is 537. The summed E-state index contributed by atoms with van der Waals surface area (Å²) in [7, 11) is 1.38. The molecule has 2 rings (SSSR count). The summed E-state index contributed by atoms with van der Waals surface area (Å²) in [4.78, 5) is 23.9. The first kappa shape index (κ1) is 12.6. The predicted molar refractivity (Wildman–Crippen MR) is 68.2 cm³/mol. The van der Waals surface area contributed by atoms with Crippen molar-refractivity contribution >= 4 is 17.3 Å². The Morgan fingerprint density at radius 3 is 2.78 bits per heavy atom. The van der Waals surface area contributed by atoms with Gasteiger partial charge in [0.05, 0.1) is 19.2 Å². The number of carbonyl (C=O) groups is 1. The summed E-state index contributed by atoms with van der Waals surface area (Å²) in [5, 5.41) is 2.69. The van der Waals surface area contributed by atoms with Crippen molar-refractivity contribution in [1.82, 2.24) is 15.0 Å². The lowest BCUT2D eigenvalue weighted by molar-refractivity contribution is -0.140. The van der Waals surface area contributed by atoms with Crippen molar-refractivity contribution in [1.29, 1.82) is 0 Å². The van der Waals surface area contributed by atoms with Crippen LogP contribution in [-0.2, 0) is 16.0 Å². The van der Waals surface area contributed by atoms with Crippen LogP contribution in [0.2, 0.25) is 0 Å². The molecule has 2 aromatic heterocycles. The lowest BCUT2D eigenvalue weighted by Gasteiger charge is -1.96. The van der Waals surface area contributed by atoms with E-state index in [0.29, 0.717) is 18.7 Å². The zero-order valence-corrected chi connectivity index (χ0v) is 11.0. The second-order valence-electron chi connectivity index (χ2n) is 3.80. The molecule has 0 aromatic carbocycles. The Morgan fingerprint density at radius 2 is 2.11 bits per heavy atom. The third kappa shape index (κ3) is 3.10. The Kier molecular flexibility index (Phi) is 3.99. The number of carbonyl (C=O) groups excluding carboxylic acids is 1. The van der Waals surface area contributed by atoms with E-state index in [0.717, 1.165) is 16.3 Å². The summed E-state index contributed by atoms with van der Waals surface area (Å²) in [6.07, 6.45) is 4.44. The van der Waals surface area contributed by atoms with E-state index < -0.39 is 0 Å². The molecule has 0 aliphatic heterocycles. The molecule has 0 bridgehead atoms. The molecule has 0 fully saturated rings. The highest BCUT2D eigenvalue weighted by atomic mass is 32.1. The number of aryl methyl sites for hydroxylation is 2. The highest BCUT2D eigenvalue weighted by Crippen LogP contribution is 2.20. The molecule has 0 amide bonds. The van der Waals surface area contributed by atoms with Crippen molar-refractivity contribution in [2.45, 2.75) is 19.8 Å². The molecule has 0 N–H and O–H groups in total. The Balaban J connectivity index is 2.06. The maximum Gasteiger partial charge on any atom is 0.305 e. The molecule has 0 aliphatic rings. The predicted octanol–water partition coefficient (Wildman–Crippen LogP) is 2.01. The number of methoxy groups -OCH3 is 1. The van der Waals surface area contributed by atoms with Crippen LogP contribution >= 0.6 is 11.3 Å². The van der Waals surface area contributed by atoms with Gasteiger partial charge in [0.1, 0.15) is 0 Å². The standard InChI is InChI=1S/C12H13N3O2S/c1-8-5-13-11(14-6-8)12-15-9(7-18-12)3-4-10(16)17-2/h5-7H,3-4H2,1-2H3. The molecule has 18 heavy (non-hydrogen) atoms. The number of rotatable bonds is 4. The first-order chi connectivity index (χ1) is 8.69. The summed E-state index contributed by atoms with van der Waals surface area (Å²) in [6.45, 7) is 1.94. The minimum absolute atomic E-state index is 0.226. The third-order valence-electron chi connectivity index (χ3n) is 2.34. The summed E-state index contributed by atoms with van der Waals surface area (Å²) < 4.78 is 4.59. The molecule has 6 heteroatoms. The van der Waals surface area contributed by atoms with Gasteiger partial charge in [0.15, 0.2) is 10.8 Å². The summed E-state index contributed by atoms with van der Waals surface area (Å²) in [6, 6.07) is 0.